The van der Waals surface area contributed by atoms with Gasteiger partial charge in [-0.1, -0.05) is 18.2 Å². The van der Waals surface area contributed by atoms with Crippen molar-refractivity contribution in [2.24, 2.45) is 5.73 Å². The van der Waals surface area contributed by atoms with Gasteiger partial charge in [0, 0.05) is 12.1 Å². The largest absolute Gasteiger partial charge is 0.325 e. The molecule has 0 aliphatic rings. The molecule has 0 saturated heterocycles. The lowest BCUT2D eigenvalue weighted by atomic mass is 10.2. The number of rotatable bonds is 2. The van der Waals surface area contributed by atoms with Gasteiger partial charge >= 0.3 is 0 Å². The molecule has 2 aromatic heterocycles. The van der Waals surface area contributed by atoms with Gasteiger partial charge in [-0.3, -0.25) is 0 Å². The molecule has 5 heteroatoms. The molecule has 0 spiro atoms. The van der Waals surface area contributed by atoms with E-state index in [-0.39, 0.29) is 5.82 Å². The molecule has 0 amide bonds. The van der Waals surface area contributed by atoms with E-state index in [0.29, 0.717) is 23.6 Å². The summed E-state index contributed by atoms with van der Waals surface area (Å²) in [5.74, 6) is 0.195. The highest BCUT2D eigenvalue weighted by atomic mass is 19.1. The maximum absolute atomic E-state index is 13.2. The molecule has 1 aromatic carbocycles. The van der Waals surface area contributed by atoms with E-state index in [1.54, 1.807) is 16.6 Å². The van der Waals surface area contributed by atoms with Gasteiger partial charge in [-0.05, 0) is 24.3 Å². The van der Waals surface area contributed by atoms with Crippen molar-refractivity contribution in [3.8, 4) is 11.4 Å². The van der Waals surface area contributed by atoms with Gasteiger partial charge in [0.1, 0.15) is 5.82 Å². The van der Waals surface area contributed by atoms with Crippen molar-refractivity contribution in [3.63, 3.8) is 0 Å². The summed E-state index contributed by atoms with van der Waals surface area (Å²) in [6, 6.07) is 11.8. The summed E-state index contributed by atoms with van der Waals surface area (Å²) in [4.78, 5) is 4.36. The van der Waals surface area contributed by atoms with Gasteiger partial charge in [-0.25, -0.2) is 13.9 Å². The predicted molar refractivity (Wildman–Crippen MR) is 66.3 cm³/mol. The Bertz CT molecular complexity index is 705. The quantitative estimate of drug-likeness (QED) is 0.747. The second kappa shape index (κ2) is 4.19. The number of hydrogen-bond donors (Lipinski definition) is 1. The van der Waals surface area contributed by atoms with Crippen molar-refractivity contribution in [1.82, 2.24) is 14.6 Å². The molecular weight excluding hydrogens is 231 g/mol. The van der Waals surface area contributed by atoms with E-state index >= 15 is 0 Å². The van der Waals surface area contributed by atoms with E-state index in [0.717, 1.165) is 5.69 Å². The highest BCUT2D eigenvalue weighted by molar-refractivity contribution is 5.58. The Hall–Kier alpha value is -2.27. The van der Waals surface area contributed by atoms with Gasteiger partial charge < -0.3 is 5.73 Å². The normalized spacial score (nSPS) is 11.0. The topological polar surface area (TPSA) is 56.2 Å². The highest BCUT2D eigenvalue weighted by Gasteiger charge is 2.08. The highest BCUT2D eigenvalue weighted by Crippen LogP contribution is 2.17. The predicted octanol–water partition coefficient (Wildman–Crippen LogP) is 1.99. The molecule has 0 aliphatic carbocycles. The maximum atomic E-state index is 13.2. The number of nitrogens with two attached hydrogens (primary N) is 1. The van der Waals surface area contributed by atoms with Crippen molar-refractivity contribution in [2.45, 2.75) is 6.54 Å². The van der Waals surface area contributed by atoms with Gasteiger partial charge in [0.05, 0.1) is 5.69 Å². The number of benzene rings is 1. The zero-order chi connectivity index (χ0) is 12.5. The Morgan fingerprint density at radius 1 is 1.17 bits per heavy atom. The molecule has 3 aromatic rings. The molecule has 2 heterocycles. The van der Waals surface area contributed by atoms with Crippen LogP contribution in [0.5, 0.6) is 0 Å². The van der Waals surface area contributed by atoms with E-state index in [9.17, 15) is 4.39 Å². The first-order valence-corrected chi connectivity index (χ1v) is 5.58. The molecular formula is C13H11FN4. The molecule has 0 bridgehead atoms. The van der Waals surface area contributed by atoms with Crippen LogP contribution in [0.25, 0.3) is 17.0 Å². The Morgan fingerprint density at radius 2 is 2.00 bits per heavy atom. The monoisotopic (exact) mass is 242 g/mol. The van der Waals surface area contributed by atoms with E-state index in [2.05, 4.69) is 10.1 Å². The third kappa shape index (κ3) is 1.74. The standard InChI is InChI=1S/C13H11FN4/c14-10-4-1-3-9(7-10)13-16-12-6-2-5-11(8-15)18(12)17-13/h1-7H,8,15H2. The Morgan fingerprint density at radius 3 is 2.78 bits per heavy atom. The molecule has 0 aliphatic heterocycles. The van der Waals surface area contributed by atoms with Crippen LogP contribution in [0.3, 0.4) is 0 Å². The molecule has 3 rings (SSSR count). The molecule has 4 nitrogen and oxygen atoms in total. The third-order valence-corrected chi connectivity index (χ3v) is 2.73. The Balaban J connectivity index is 2.19. The summed E-state index contributed by atoms with van der Waals surface area (Å²) in [5.41, 5.74) is 7.86. The molecule has 2 N–H and O–H groups in total. The van der Waals surface area contributed by atoms with Crippen molar-refractivity contribution >= 4 is 5.65 Å². The van der Waals surface area contributed by atoms with Crippen molar-refractivity contribution in [3.05, 3.63) is 54.0 Å². The molecule has 18 heavy (non-hydrogen) atoms. The SMILES string of the molecule is NCc1cccc2nc(-c3cccc(F)c3)nn12. The average molecular weight is 242 g/mol. The summed E-state index contributed by atoms with van der Waals surface area (Å²) in [7, 11) is 0. The molecule has 0 unspecified atom stereocenters. The summed E-state index contributed by atoms with van der Waals surface area (Å²) < 4.78 is 14.9. The van der Waals surface area contributed by atoms with E-state index in [4.69, 9.17) is 5.73 Å². The van der Waals surface area contributed by atoms with Crippen LogP contribution in [0.15, 0.2) is 42.5 Å². The van der Waals surface area contributed by atoms with Crippen LogP contribution < -0.4 is 5.73 Å². The van der Waals surface area contributed by atoms with E-state index in [1.807, 2.05) is 18.2 Å². The second-order valence-corrected chi connectivity index (χ2v) is 3.94. The summed E-state index contributed by atoms with van der Waals surface area (Å²) in [5, 5.41) is 4.35. The first-order valence-electron chi connectivity index (χ1n) is 5.58. The fourth-order valence-electron chi connectivity index (χ4n) is 1.86. The zero-order valence-corrected chi connectivity index (χ0v) is 9.55. The van der Waals surface area contributed by atoms with Crippen LogP contribution in [0.2, 0.25) is 0 Å². The average Bonchev–Trinajstić information content (AvgIpc) is 2.82. The molecule has 0 saturated carbocycles. The van der Waals surface area contributed by atoms with Gasteiger partial charge in [-0.15, -0.1) is 5.10 Å². The molecule has 0 fully saturated rings. The van der Waals surface area contributed by atoms with E-state index < -0.39 is 0 Å². The van der Waals surface area contributed by atoms with Gasteiger partial charge in [0.25, 0.3) is 0 Å². The van der Waals surface area contributed by atoms with Crippen LogP contribution in [-0.4, -0.2) is 14.6 Å². The number of halogens is 1. The van der Waals surface area contributed by atoms with Gasteiger partial charge in [-0.2, -0.15) is 0 Å². The lowest BCUT2D eigenvalue weighted by Crippen LogP contribution is -2.04. The fraction of sp³-hybridized carbons (Fsp3) is 0.0769. The number of pyridine rings is 1. The molecule has 0 atom stereocenters. The maximum Gasteiger partial charge on any atom is 0.182 e. The Labute approximate surface area is 103 Å². The summed E-state index contributed by atoms with van der Waals surface area (Å²) in [6.07, 6.45) is 0. The third-order valence-electron chi connectivity index (χ3n) is 2.73. The van der Waals surface area contributed by atoms with Crippen LogP contribution in [0.4, 0.5) is 4.39 Å². The second-order valence-electron chi connectivity index (χ2n) is 3.94. The number of nitrogens with zero attached hydrogens (tertiary/aromatic N) is 3. The number of fused-ring (bicyclic) bond motifs is 1. The van der Waals surface area contributed by atoms with Gasteiger partial charge in [0.15, 0.2) is 11.5 Å². The van der Waals surface area contributed by atoms with Crippen LogP contribution in [-0.2, 0) is 6.54 Å². The minimum atomic E-state index is -0.301. The number of aromatic nitrogens is 3. The van der Waals surface area contributed by atoms with Crippen molar-refractivity contribution in [2.75, 3.05) is 0 Å². The van der Waals surface area contributed by atoms with Crippen LogP contribution in [0, 0.1) is 5.82 Å². The Kier molecular flexibility index (Phi) is 2.53. The summed E-state index contributed by atoms with van der Waals surface area (Å²) >= 11 is 0. The van der Waals surface area contributed by atoms with Crippen LogP contribution in [0.1, 0.15) is 5.69 Å². The first-order chi connectivity index (χ1) is 8.78. The lowest BCUT2D eigenvalue weighted by Gasteiger charge is -1.98. The van der Waals surface area contributed by atoms with Crippen LogP contribution >= 0.6 is 0 Å². The minimum Gasteiger partial charge on any atom is -0.325 e. The molecule has 0 radical (unpaired) electrons. The fourth-order valence-corrected chi connectivity index (χ4v) is 1.86. The summed E-state index contributed by atoms with van der Waals surface area (Å²) in [6.45, 7) is 0.378. The molecule has 90 valence electrons. The van der Waals surface area contributed by atoms with Crippen molar-refractivity contribution < 1.29 is 4.39 Å². The van der Waals surface area contributed by atoms with E-state index in [1.165, 1.54) is 12.1 Å². The van der Waals surface area contributed by atoms with Gasteiger partial charge in [0.2, 0.25) is 0 Å². The smallest absolute Gasteiger partial charge is 0.182 e. The lowest BCUT2D eigenvalue weighted by molar-refractivity contribution is 0.628. The van der Waals surface area contributed by atoms with Crippen molar-refractivity contribution in [1.29, 1.82) is 0 Å². The minimum absolute atomic E-state index is 0.301. The zero-order valence-electron chi connectivity index (χ0n) is 9.55. The number of hydrogen-bond acceptors (Lipinski definition) is 3. The first kappa shape index (κ1) is 10.9.